The van der Waals surface area contributed by atoms with Gasteiger partial charge >= 0.3 is 0 Å². The maximum absolute atomic E-state index is 12.2. The van der Waals surface area contributed by atoms with Crippen LogP contribution in [-0.4, -0.2) is 31.8 Å². The van der Waals surface area contributed by atoms with E-state index < -0.39 is 0 Å². The minimum absolute atomic E-state index is 0.152. The summed E-state index contributed by atoms with van der Waals surface area (Å²) in [5.74, 6) is 0.0278. The Bertz CT molecular complexity index is 1130. The van der Waals surface area contributed by atoms with E-state index in [0.717, 1.165) is 22.0 Å². The largest absolute Gasteiger partial charge is 0.338 e. The second-order valence-electron chi connectivity index (χ2n) is 5.76. The van der Waals surface area contributed by atoms with Gasteiger partial charge in [0, 0.05) is 21.6 Å². The number of hydrogen-bond donors (Lipinski definition) is 2. The van der Waals surface area contributed by atoms with Crippen LogP contribution in [0.5, 0.6) is 0 Å². The van der Waals surface area contributed by atoms with Gasteiger partial charge in [0.2, 0.25) is 11.1 Å². The van der Waals surface area contributed by atoms with Gasteiger partial charge in [-0.05, 0) is 30.7 Å². The fourth-order valence-corrected chi connectivity index (χ4v) is 3.37. The third-order valence-corrected chi connectivity index (χ3v) is 4.98. The number of H-pyrrole nitrogens is 1. The second kappa shape index (κ2) is 6.93. The van der Waals surface area contributed by atoms with Crippen LogP contribution in [0.2, 0.25) is 5.02 Å². The average Bonchev–Trinajstić information content (AvgIpc) is 3.01. The molecule has 0 aliphatic carbocycles. The van der Waals surface area contributed by atoms with Crippen molar-refractivity contribution in [3.05, 3.63) is 53.1 Å². The van der Waals surface area contributed by atoms with Crippen molar-refractivity contribution in [1.82, 2.24) is 20.2 Å². The molecule has 0 bridgehead atoms. The predicted molar refractivity (Wildman–Crippen MR) is 105 cm³/mol. The molecular formula is C18H14ClN5OS. The third-order valence-electron chi connectivity index (χ3n) is 3.91. The number of fused-ring (bicyclic) bond motifs is 3. The van der Waals surface area contributed by atoms with Crippen molar-refractivity contribution in [1.29, 1.82) is 0 Å². The van der Waals surface area contributed by atoms with E-state index in [1.807, 2.05) is 37.3 Å². The molecule has 2 aromatic heterocycles. The number of aryl methyl sites for hydroxylation is 1. The summed E-state index contributed by atoms with van der Waals surface area (Å²) in [6, 6.07) is 13.2. The first kappa shape index (κ1) is 16.8. The van der Waals surface area contributed by atoms with Gasteiger partial charge in [0.25, 0.3) is 0 Å². The standard InChI is InChI=1S/C18H14ClN5OS/c1-10-6-7-11(19)8-14(10)20-15(25)9-26-18-22-17-16(23-24-18)12-4-2-3-5-13(12)21-17/h2-8H,9H2,1H3,(H,20,25)(H,21,22,24). The van der Waals surface area contributed by atoms with Gasteiger partial charge in [0.05, 0.1) is 5.75 Å². The molecule has 0 saturated heterocycles. The summed E-state index contributed by atoms with van der Waals surface area (Å²) in [4.78, 5) is 19.9. The number of nitrogens with zero attached hydrogens (tertiary/aromatic N) is 3. The monoisotopic (exact) mass is 383 g/mol. The van der Waals surface area contributed by atoms with Gasteiger partial charge in [-0.15, -0.1) is 10.2 Å². The van der Waals surface area contributed by atoms with Gasteiger partial charge in [0.1, 0.15) is 5.52 Å². The number of carbonyl (C=O) groups is 1. The Labute approximate surface area is 158 Å². The summed E-state index contributed by atoms with van der Waals surface area (Å²) >= 11 is 7.21. The Morgan fingerprint density at radius 2 is 2.08 bits per heavy atom. The molecule has 0 unspecified atom stereocenters. The molecule has 0 atom stereocenters. The Hall–Kier alpha value is -2.64. The second-order valence-corrected chi connectivity index (χ2v) is 7.14. The highest BCUT2D eigenvalue weighted by atomic mass is 35.5. The lowest BCUT2D eigenvalue weighted by atomic mass is 10.2. The molecule has 26 heavy (non-hydrogen) atoms. The van der Waals surface area contributed by atoms with Gasteiger partial charge in [-0.2, -0.15) is 0 Å². The van der Waals surface area contributed by atoms with Crippen LogP contribution in [0.15, 0.2) is 47.6 Å². The number of thioether (sulfide) groups is 1. The van der Waals surface area contributed by atoms with Crippen LogP contribution in [0.25, 0.3) is 22.1 Å². The SMILES string of the molecule is Cc1ccc(Cl)cc1NC(=O)CSc1nnc2c(n1)[nH]c1ccccc12. The van der Waals surface area contributed by atoms with E-state index >= 15 is 0 Å². The molecule has 0 aliphatic heterocycles. The van der Waals surface area contributed by atoms with Crippen molar-refractivity contribution in [2.75, 3.05) is 11.1 Å². The molecule has 4 aromatic rings. The zero-order valence-corrected chi connectivity index (χ0v) is 15.4. The number of para-hydroxylation sites is 1. The van der Waals surface area contributed by atoms with Crippen molar-refractivity contribution < 1.29 is 4.79 Å². The van der Waals surface area contributed by atoms with Crippen molar-refractivity contribution in [3.63, 3.8) is 0 Å². The van der Waals surface area contributed by atoms with E-state index in [4.69, 9.17) is 11.6 Å². The van der Waals surface area contributed by atoms with Crippen molar-refractivity contribution in [3.8, 4) is 0 Å². The molecule has 2 aromatic carbocycles. The maximum Gasteiger partial charge on any atom is 0.234 e. The van der Waals surface area contributed by atoms with E-state index in [9.17, 15) is 4.79 Å². The summed E-state index contributed by atoms with van der Waals surface area (Å²) in [5, 5.41) is 13.2. The lowest BCUT2D eigenvalue weighted by Gasteiger charge is -2.08. The van der Waals surface area contributed by atoms with Gasteiger partial charge in [-0.1, -0.05) is 47.6 Å². The number of aromatic nitrogens is 4. The number of carbonyl (C=O) groups excluding carboxylic acids is 1. The molecule has 6 nitrogen and oxygen atoms in total. The van der Waals surface area contributed by atoms with Crippen molar-refractivity contribution in [2.45, 2.75) is 12.1 Å². The number of aromatic amines is 1. The summed E-state index contributed by atoms with van der Waals surface area (Å²) in [6.07, 6.45) is 0. The molecule has 0 fully saturated rings. The number of hydrogen-bond acceptors (Lipinski definition) is 5. The third kappa shape index (κ3) is 3.36. The van der Waals surface area contributed by atoms with Crippen LogP contribution in [0.1, 0.15) is 5.56 Å². The first-order chi connectivity index (χ1) is 12.6. The molecule has 130 valence electrons. The number of halogens is 1. The van der Waals surface area contributed by atoms with E-state index in [1.54, 1.807) is 12.1 Å². The lowest BCUT2D eigenvalue weighted by Crippen LogP contribution is -2.15. The summed E-state index contributed by atoms with van der Waals surface area (Å²) in [6.45, 7) is 1.91. The number of benzene rings is 2. The normalized spacial score (nSPS) is 11.2. The first-order valence-corrected chi connectivity index (χ1v) is 9.26. The fourth-order valence-electron chi connectivity index (χ4n) is 2.61. The van der Waals surface area contributed by atoms with Crippen LogP contribution < -0.4 is 5.32 Å². The molecule has 0 spiro atoms. The van der Waals surface area contributed by atoms with Crippen LogP contribution in [0.3, 0.4) is 0 Å². The lowest BCUT2D eigenvalue weighted by molar-refractivity contribution is -0.113. The highest BCUT2D eigenvalue weighted by molar-refractivity contribution is 7.99. The number of anilines is 1. The minimum Gasteiger partial charge on any atom is -0.338 e. The quantitative estimate of drug-likeness (QED) is 0.516. The van der Waals surface area contributed by atoms with Gasteiger partial charge in [0.15, 0.2) is 5.65 Å². The molecule has 8 heteroatoms. The highest BCUT2D eigenvalue weighted by Gasteiger charge is 2.11. The molecule has 0 radical (unpaired) electrons. The Morgan fingerprint density at radius 1 is 1.23 bits per heavy atom. The van der Waals surface area contributed by atoms with Crippen LogP contribution in [0.4, 0.5) is 5.69 Å². The van der Waals surface area contributed by atoms with Crippen LogP contribution >= 0.6 is 23.4 Å². The molecule has 2 heterocycles. The Morgan fingerprint density at radius 3 is 2.96 bits per heavy atom. The Kier molecular flexibility index (Phi) is 4.48. The molecule has 2 N–H and O–H groups in total. The molecular weight excluding hydrogens is 370 g/mol. The Balaban J connectivity index is 1.48. The van der Waals surface area contributed by atoms with E-state index in [1.165, 1.54) is 11.8 Å². The summed E-state index contributed by atoms with van der Waals surface area (Å²) in [5.41, 5.74) is 4.00. The molecule has 0 aliphatic rings. The summed E-state index contributed by atoms with van der Waals surface area (Å²) < 4.78 is 0. The zero-order chi connectivity index (χ0) is 18.1. The van der Waals surface area contributed by atoms with E-state index in [0.29, 0.717) is 21.5 Å². The van der Waals surface area contributed by atoms with Gasteiger partial charge in [-0.25, -0.2) is 4.98 Å². The average molecular weight is 384 g/mol. The zero-order valence-electron chi connectivity index (χ0n) is 13.8. The van der Waals surface area contributed by atoms with Crippen molar-refractivity contribution >= 4 is 57.0 Å². The molecule has 0 saturated carbocycles. The smallest absolute Gasteiger partial charge is 0.234 e. The first-order valence-electron chi connectivity index (χ1n) is 7.90. The fraction of sp³-hybridized carbons (Fsp3) is 0.111. The highest BCUT2D eigenvalue weighted by Crippen LogP contribution is 2.24. The van der Waals surface area contributed by atoms with E-state index in [2.05, 4.69) is 25.5 Å². The molecule has 1 amide bonds. The number of rotatable bonds is 4. The summed E-state index contributed by atoms with van der Waals surface area (Å²) in [7, 11) is 0. The van der Waals surface area contributed by atoms with Crippen LogP contribution in [-0.2, 0) is 4.79 Å². The minimum atomic E-state index is -0.152. The maximum atomic E-state index is 12.2. The topological polar surface area (TPSA) is 83.6 Å². The van der Waals surface area contributed by atoms with Crippen LogP contribution in [0, 0.1) is 6.92 Å². The molecule has 4 rings (SSSR count). The van der Waals surface area contributed by atoms with Gasteiger partial charge in [-0.3, -0.25) is 4.79 Å². The predicted octanol–water partition coefficient (Wildman–Crippen LogP) is 4.20. The van der Waals surface area contributed by atoms with E-state index in [-0.39, 0.29) is 11.7 Å². The van der Waals surface area contributed by atoms with Gasteiger partial charge < -0.3 is 10.3 Å². The number of nitrogens with one attached hydrogen (secondary N) is 2. The number of amides is 1. The van der Waals surface area contributed by atoms with Crippen molar-refractivity contribution in [2.24, 2.45) is 0 Å².